The van der Waals surface area contributed by atoms with Gasteiger partial charge in [0.15, 0.2) is 0 Å². The fourth-order valence-electron chi connectivity index (χ4n) is 2.85. The van der Waals surface area contributed by atoms with Crippen molar-refractivity contribution in [3.05, 3.63) is 157 Å². The standard InChI is InChI=1S/C12H10.C10H8.C4H4O.C4H4S/c1-3-7-11(8-4-1)12-9-5-2-6-10-12;1-2-6-10-8-4-3-7-9(10)5-1;2*1-2-4-5-3-1/h1-10H;1-8H;2*1-4H. The van der Waals surface area contributed by atoms with Crippen LogP contribution < -0.4 is 0 Å². The lowest BCUT2D eigenvalue weighted by atomic mass is 10.1. The van der Waals surface area contributed by atoms with Crippen LogP contribution in [0.3, 0.4) is 0 Å². The van der Waals surface area contributed by atoms with Crippen molar-refractivity contribution in [2.75, 3.05) is 0 Å². The van der Waals surface area contributed by atoms with Crippen molar-refractivity contribution in [1.82, 2.24) is 0 Å². The van der Waals surface area contributed by atoms with E-state index in [1.54, 1.807) is 23.9 Å². The van der Waals surface area contributed by atoms with Gasteiger partial charge < -0.3 is 4.42 Å². The smallest absolute Gasteiger partial charge is 0.0902 e. The Morgan fingerprint density at radius 3 is 1.03 bits per heavy atom. The molecule has 4 aromatic carbocycles. The Balaban J connectivity index is 0.000000129. The second-order valence-electron chi connectivity index (χ2n) is 6.67. The van der Waals surface area contributed by atoms with E-state index in [1.165, 1.54) is 21.9 Å². The number of thiophene rings is 1. The fourth-order valence-corrected chi connectivity index (χ4v) is 3.30. The van der Waals surface area contributed by atoms with Gasteiger partial charge in [-0.05, 0) is 44.8 Å². The van der Waals surface area contributed by atoms with Gasteiger partial charge in [0.05, 0.1) is 12.5 Å². The predicted molar refractivity (Wildman–Crippen MR) is 139 cm³/mol. The Labute approximate surface area is 194 Å². The summed E-state index contributed by atoms with van der Waals surface area (Å²) in [6, 6.07) is 45.2. The lowest BCUT2D eigenvalue weighted by Gasteiger charge is -1.98. The highest BCUT2D eigenvalue weighted by atomic mass is 32.1. The van der Waals surface area contributed by atoms with Gasteiger partial charge in [-0.3, -0.25) is 0 Å². The molecule has 0 bridgehead atoms. The van der Waals surface area contributed by atoms with Gasteiger partial charge in [-0.2, -0.15) is 11.3 Å². The summed E-state index contributed by atoms with van der Waals surface area (Å²) < 4.78 is 4.58. The van der Waals surface area contributed by atoms with Crippen molar-refractivity contribution in [2.24, 2.45) is 0 Å². The second kappa shape index (κ2) is 14.2. The van der Waals surface area contributed by atoms with E-state index in [4.69, 9.17) is 0 Å². The molecule has 2 heterocycles. The molecule has 0 saturated carbocycles. The van der Waals surface area contributed by atoms with Crippen LogP contribution in [-0.2, 0) is 0 Å². The molecule has 1 nitrogen and oxygen atoms in total. The molecule has 0 unspecified atom stereocenters. The number of hydrogen-bond acceptors (Lipinski definition) is 2. The Morgan fingerprint density at radius 2 is 0.750 bits per heavy atom. The van der Waals surface area contributed by atoms with Crippen LogP contribution in [0.2, 0.25) is 0 Å². The van der Waals surface area contributed by atoms with Gasteiger partial charge in [-0.25, -0.2) is 0 Å². The molecule has 0 saturated heterocycles. The molecule has 0 fully saturated rings. The number of fused-ring (bicyclic) bond motifs is 1. The van der Waals surface area contributed by atoms with Gasteiger partial charge in [-0.15, -0.1) is 0 Å². The monoisotopic (exact) mass is 434 g/mol. The number of benzene rings is 4. The number of hydrogen-bond donors (Lipinski definition) is 0. The molecule has 6 aromatic rings. The van der Waals surface area contributed by atoms with Crippen molar-refractivity contribution in [1.29, 1.82) is 0 Å². The highest BCUT2D eigenvalue weighted by Gasteiger charge is 1.91. The highest BCUT2D eigenvalue weighted by molar-refractivity contribution is 7.07. The zero-order chi connectivity index (χ0) is 22.1. The topological polar surface area (TPSA) is 13.1 Å². The second-order valence-corrected chi connectivity index (χ2v) is 7.48. The van der Waals surface area contributed by atoms with E-state index < -0.39 is 0 Å². The molecule has 2 heteroatoms. The predicted octanol–water partition coefficient (Wildman–Crippen LogP) is 9.22. The van der Waals surface area contributed by atoms with E-state index in [0.717, 1.165) is 0 Å². The summed E-state index contributed by atoms with van der Waals surface area (Å²) in [5.41, 5.74) is 2.55. The SMILES string of the molecule is c1ccc(-c2ccccc2)cc1.c1ccc2ccccc2c1.c1ccoc1.c1ccsc1. The van der Waals surface area contributed by atoms with E-state index in [1.807, 2.05) is 47.2 Å². The fraction of sp³-hybridized carbons (Fsp3) is 0. The third-order valence-corrected chi connectivity index (χ3v) is 5.02. The van der Waals surface area contributed by atoms with E-state index in [2.05, 4.69) is 101 Å². The molecule has 0 radical (unpaired) electrons. The lowest BCUT2D eigenvalue weighted by molar-refractivity contribution is 0.567. The average molecular weight is 435 g/mol. The van der Waals surface area contributed by atoms with Gasteiger partial charge in [0.1, 0.15) is 0 Å². The molecule has 32 heavy (non-hydrogen) atoms. The Morgan fingerprint density at radius 1 is 0.375 bits per heavy atom. The third-order valence-electron chi connectivity index (χ3n) is 4.39. The average Bonchev–Trinajstić information content (AvgIpc) is 3.66. The Bertz CT molecular complexity index is 1030. The largest absolute Gasteiger partial charge is 0.473 e. The molecule has 0 amide bonds. The van der Waals surface area contributed by atoms with Crippen molar-refractivity contribution in [2.45, 2.75) is 0 Å². The molecule has 0 aliphatic rings. The molecular formula is C30H26OS. The summed E-state index contributed by atoms with van der Waals surface area (Å²) in [4.78, 5) is 0. The molecule has 0 aliphatic carbocycles. The normalized spacial score (nSPS) is 9.25. The van der Waals surface area contributed by atoms with Crippen LogP contribution in [0, 0.1) is 0 Å². The molecular weight excluding hydrogens is 408 g/mol. The van der Waals surface area contributed by atoms with Gasteiger partial charge in [0.2, 0.25) is 0 Å². The lowest BCUT2D eigenvalue weighted by Crippen LogP contribution is -1.73. The molecule has 2 aromatic heterocycles. The Hall–Kier alpha value is -3.88. The maximum Gasteiger partial charge on any atom is 0.0902 e. The third kappa shape index (κ3) is 8.47. The summed E-state index contributed by atoms with van der Waals surface area (Å²) in [6.07, 6.45) is 3.25. The minimum Gasteiger partial charge on any atom is -0.473 e. The van der Waals surface area contributed by atoms with Crippen LogP contribution in [0.5, 0.6) is 0 Å². The zero-order valence-electron chi connectivity index (χ0n) is 17.8. The van der Waals surface area contributed by atoms with Gasteiger partial charge in [-0.1, -0.05) is 121 Å². The van der Waals surface area contributed by atoms with Gasteiger partial charge in [0.25, 0.3) is 0 Å². The van der Waals surface area contributed by atoms with Crippen molar-refractivity contribution < 1.29 is 4.42 Å². The first-order valence-electron chi connectivity index (χ1n) is 10.4. The first-order chi connectivity index (χ1) is 15.9. The van der Waals surface area contributed by atoms with Crippen molar-refractivity contribution in [3.8, 4) is 11.1 Å². The highest BCUT2D eigenvalue weighted by Crippen LogP contribution is 2.17. The summed E-state index contributed by atoms with van der Waals surface area (Å²) in [5, 5.41) is 6.70. The molecule has 0 spiro atoms. The van der Waals surface area contributed by atoms with E-state index in [9.17, 15) is 0 Å². The van der Waals surface area contributed by atoms with Crippen LogP contribution in [0.25, 0.3) is 21.9 Å². The van der Waals surface area contributed by atoms with Crippen LogP contribution in [0.4, 0.5) is 0 Å². The number of rotatable bonds is 1. The summed E-state index contributed by atoms with van der Waals surface area (Å²) in [5.74, 6) is 0. The molecule has 0 aliphatic heterocycles. The van der Waals surface area contributed by atoms with Crippen molar-refractivity contribution in [3.63, 3.8) is 0 Å². The molecule has 0 atom stereocenters. The summed E-state index contributed by atoms with van der Waals surface area (Å²) in [6.45, 7) is 0. The molecule has 158 valence electrons. The van der Waals surface area contributed by atoms with Crippen LogP contribution >= 0.6 is 11.3 Å². The van der Waals surface area contributed by atoms with E-state index in [-0.39, 0.29) is 0 Å². The van der Waals surface area contributed by atoms with Crippen LogP contribution in [-0.4, -0.2) is 0 Å². The maximum absolute atomic E-state index is 4.58. The summed E-state index contributed by atoms with van der Waals surface area (Å²) >= 11 is 1.71. The molecule has 6 rings (SSSR count). The first-order valence-corrected chi connectivity index (χ1v) is 11.4. The first kappa shape index (κ1) is 22.8. The van der Waals surface area contributed by atoms with Crippen molar-refractivity contribution >= 4 is 22.1 Å². The van der Waals surface area contributed by atoms with Crippen LogP contribution in [0.15, 0.2) is 161 Å². The quantitative estimate of drug-likeness (QED) is 0.251. The van der Waals surface area contributed by atoms with E-state index >= 15 is 0 Å². The van der Waals surface area contributed by atoms with Gasteiger partial charge >= 0.3 is 0 Å². The van der Waals surface area contributed by atoms with Crippen LogP contribution in [0.1, 0.15) is 0 Å². The molecule has 0 N–H and O–H groups in total. The Kier molecular flexibility index (Phi) is 10.1. The minimum atomic E-state index is 1.28. The van der Waals surface area contributed by atoms with Gasteiger partial charge in [0, 0.05) is 0 Å². The number of furan rings is 1. The van der Waals surface area contributed by atoms with E-state index in [0.29, 0.717) is 0 Å². The summed E-state index contributed by atoms with van der Waals surface area (Å²) in [7, 11) is 0. The maximum atomic E-state index is 4.58. The minimum absolute atomic E-state index is 1.28. The zero-order valence-corrected chi connectivity index (χ0v) is 18.6.